The average Bonchev–Trinajstić information content (AvgIpc) is 3.12. The Morgan fingerprint density at radius 3 is 2.83 bits per heavy atom. The summed E-state index contributed by atoms with van der Waals surface area (Å²) in [6, 6.07) is 5.08. The van der Waals surface area contributed by atoms with E-state index >= 15 is 0 Å². The number of nitrogens with one attached hydrogen (secondary N) is 1. The van der Waals surface area contributed by atoms with Crippen LogP contribution in [0.2, 0.25) is 0 Å². The van der Waals surface area contributed by atoms with Crippen molar-refractivity contribution in [3.63, 3.8) is 0 Å². The maximum Gasteiger partial charge on any atom is 0.129 e. The summed E-state index contributed by atoms with van der Waals surface area (Å²) in [6.07, 6.45) is 5.00. The Hall–Kier alpha value is -1.59. The highest BCUT2D eigenvalue weighted by molar-refractivity contribution is 5.73. The van der Waals surface area contributed by atoms with Gasteiger partial charge in [-0.05, 0) is 44.1 Å². The Kier molecular flexibility index (Phi) is 3.77. The predicted octanol–water partition coefficient (Wildman–Crippen LogP) is 2.34. The normalized spacial score (nSPS) is 30.5. The number of fused-ring (bicyclic) bond motifs is 3. The molecule has 1 aliphatic carbocycles. The molecule has 1 aromatic rings. The molecule has 124 valence electrons. The lowest BCUT2D eigenvalue weighted by Crippen LogP contribution is -2.32. The van der Waals surface area contributed by atoms with Crippen LogP contribution in [0, 0.1) is 11.7 Å². The molecular weight excluding hydrogens is 295 g/mol. The molecule has 4 nitrogen and oxygen atoms in total. The summed E-state index contributed by atoms with van der Waals surface area (Å²) in [5, 5.41) is 23.5. The van der Waals surface area contributed by atoms with Crippen LogP contribution >= 0.6 is 0 Å². The molecule has 1 aromatic carbocycles. The maximum atomic E-state index is 14.4. The molecular formula is C18H23FN2O2. The fraction of sp³-hybridized carbons (Fsp3) is 0.556. The fourth-order valence-corrected chi connectivity index (χ4v) is 4.33. The monoisotopic (exact) mass is 318 g/mol. The van der Waals surface area contributed by atoms with Crippen LogP contribution in [-0.2, 0) is 0 Å². The molecule has 0 saturated heterocycles. The zero-order chi connectivity index (χ0) is 16.0. The molecule has 2 aliphatic heterocycles. The third kappa shape index (κ3) is 2.52. The number of hydrogen-bond acceptors (Lipinski definition) is 4. The van der Waals surface area contributed by atoms with Gasteiger partial charge in [-0.15, -0.1) is 0 Å². The summed E-state index contributed by atoms with van der Waals surface area (Å²) in [7, 11) is 0. The largest absolute Gasteiger partial charge is 0.393 e. The summed E-state index contributed by atoms with van der Waals surface area (Å²) in [5.41, 5.74) is 2.68. The van der Waals surface area contributed by atoms with Crippen molar-refractivity contribution >= 4 is 5.70 Å². The molecule has 23 heavy (non-hydrogen) atoms. The Morgan fingerprint density at radius 1 is 1.26 bits per heavy atom. The molecule has 0 aromatic heterocycles. The second-order valence-electron chi connectivity index (χ2n) is 6.95. The van der Waals surface area contributed by atoms with Crippen molar-refractivity contribution in [3.8, 4) is 0 Å². The number of aliphatic hydroxyl groups is 2. The highest BCUT2D eigenvalue weighted by atomic mass is 19.1. The zero-order valence-corrected chi connectivity index (χ0v) is 13.1. The summed E-state index contributed by atoms with van der Waals surface area (Å²) in [6.45, 7) is 0.657. The number of hydrogen-bond donors (Lipinski definition) is 3. The van der Waals surface area contributed by atoms with Gasteiger partial charge in [0, 0.05) is 17.3 Å². The van der Waals surface area contributed by atoms with Crippen LogP contribution in [0.3, 0.4) is 0 Å². The van der Waals surface area contributed by atoms with Crippen LogP contribution in [0.25, 0.3) is 5.70 Å². The van der Waals surface area contributed by atoms with Crippen LogP contribution in [0.1, 0.15) is 49.3 Å². The van der Waals surface area contributed by atoms with E-state index in [1.54, 1.807) is 6.07 Å². The highest BCUT2D eigenvalue weighted by Crippen LogP contribution is 2.46. The van der Waals surface area contributed by atoms with Crippen LogP contribution in [0.5, 0.6) is 0 Å². The van der Waals surface area contributed by atoms with Crippen molar-refractivity contribution in [2.24, 2.45) is 5.92 Å². The second-order valence-corrected chi connectivity index (χ2v) is 6.95. The number of halogens is 1. The lowest BCUT2D eigenvalue weighted by atomic mass is 9.81. The molecule has 5 heteroatoms. The van der Waals surface area contributed by atoms with Gasteiger partial charge in [0.15, 0.2) is 0 Å². The van der Waals surface area contributed by atoms with Crippen LogP contribution in [-0.4, -0.2) is 34.0 Å². The molecule has 3 N–H and O–H groups in total. The van der Waals surface area contributed by atoms with Gasteiger partial charge >= 0.3 is 0 Å². The second kappa shape index (κ2) is 5.80. The van der Waals surface area contributed by atoms with Crippen molar-refractivity contribution in [1.82, 2.24) is 10.2 Å². The molecule has 0 amide bonds. The van der Waals surface area contributed by atoms with E-state index in [1.807, 2.05) is 12.3 Å². The van der Waals surface area contributed by atoms with Gasteiger partial charge in [0.2, 0.25) is 0 Å². The first-order chi connectivity index (χ1) is 11.1. The first-order valence-electron chi connectivity index (χ1n) is 8.50. The number of nitrogens with zero attached hydrogens (tertiary/aromatic N) is 1. The molecule has 0 bridgehead atoms. The molecule has 0 spiro atoms. The smallest absolute Gasteiger partial charge is 0.129 e. The van der Waals surface area contributed by atoms with Gasteiger partial charge in [-0.25, -0.2) is 4.39 Å². The highest BCUT2D eigenvalue weighted by Gasteiger charge is 2.40. The topological polar surface area (TPSA) is 55.7 Å². The molecule has 4 rings (SSSR count). The molecule has 3 aliphatic rings. The Labute approximate surface area is 135 Å². The van der Waals surface area contributed by atoms with Crippen LogP contribution < -0.4 is 5.32 Å². The summed E-state index contributed by atoms with van der Waals surface area (Å²) >= 11 is 0. The number of aliphatic hydroxyl groups excluding tert-OH is 2. The Morgan fingerprint density at radius 2 is 2.04 bits per heavy atom. The van der Waals surface area contributed by atoms with E-state index in [0.29, 0.717) is 13.1 Å². The van der Waals surface area contributed by atoms with Gasteiger partial charge < -0.3 is 20.4 Å². The van der Waals surface area contributed by atoms with E-state index in [2.05, 4.69) is 10.2 Å². The van der Waals surface area contributed by atoms with Gasteiger partial charge in [-0.3, -0.25) is 0 Å². The third-order valence-electron chi connectivity index (χ3n) is 5.60. The summed E-state index contributed by atoms with van der Waals surface area (Å²) in [4.78, 5) is 2.15. The lowest BCUT2D eigenvalue weighted by Gasteiger charge is -2.33. The van der Waals surface area contributed by atoms with Gasteiger partial charge in [-0.2, -0.15) is 0 Å². The van der Waals surface area contributed by atoms with Gasteiger partial charge in [-0.1, -0.05) is 12.1 Å². The van der Waals surface area contributed by atoms with E-state index in [0.717, 1.165) is 42.5 Å². The van der Waals surface area contributed by atoms with Gasteiger partial charge in [0.1, 0.15) is 5.82 Å². The molecule has 0 radical (unpaired) electrons. The Balaban J connectivity index is 1.56. The Bertz CT molecular complexity index is 625. The average molecular weight is 318 g/mol. The summed E-state index contributed by atoms with van der Waals surface area (Å²) in [5.74, 6) is 0.0197. The first-order valence-corrected chi connectivity index (χ1v) is 8.50. The van der Waals surface area contributed by atoms with Crippen LogP contribution in [0.4, 0.5) is 4.39 Å². The van der Waals surface area contributed by atoms with Crippen molar-refractivity contribution < 1.29 is 14.6 Å². The summed E-state index contributed by atoms with van der Waals surface area (Å²) < 4.78 is 14.4. The van der Waals surface area contributed by atoms with E-state index < -0.39 is 6.10 Å². The standard InChI is InChI=1S/C18H23FN2O2/c19-14-3-1-2-13-16-9-20-10-21(16)15(18(13)14)8-17(23)11-4-6-12(22)7-5-11/h1-3,9,11-12,15,17,20,22-23H,4-8,10H2/t11-,12-,15?,17?. The van der Waals surface area contributed by atoms with Crippen molar-refractivity contribution in [2.45, 2.75) is 50.4 Å². The van der Waals surface area contributed by atoms with Crippen LogP contribution in [0.15, 0.2) is 24.4 Å². The van der Waals surface area contributed by atoms with E-state index in [1.165, 1.54) is 6.07 Å². The molecule has 2 heterocycles. The minimum atomic E-state index is -0.458. The first kappa shape index (κ1) is 15.0. The number of rotatable bonds is 3. The van der Waals surface area contributed by atoms with E-state index in [9.17, 15) is 14.6 Å². The van der Waals surface area contributed by atoms with Crippen molar-refractivity contribution in [3.05, 3.63) is 41.3 Å². The predicted molar refractivity (Wildman–Crippen MR) is 85.5 cm³/mol. The van der Waals surface area contributed by atoms with E-state index in [4.69, 9.17) is 0 Å². The molecule has 1 fully saturated rings. The zero-order valence-electron chi connectivity index (χ0n) is 13.1. The SMILES string of the molecule is OC(CC1c2c(F)cccc2C2=CNCN21)[C@H]1CC[C@H](O)CC1. The number of benzene rings is 1. The van der Waals surface area contributed by atoms with Gasteiger partial charge in [0.25, 0.3) is 0 Å². The minimum absolute atomic E-state index is 0.116. The lowest BCUT2D eigenvalue weighted by molar-refractivity contribution is 0.0263. The van der Waals surface area contributed by atoms with Crippen molar-refractivity contribution in [2.75, 3.05) is 6.67 Å². The van der Waals surface area contributed by atoms with E-state index in [-0.39, 0.29) is 23.9 Å². The maximum absolute atomic E-state index is 14.4. The molecule has 2 atom stereocenters. The molecule has 1 saturated carbocycles. The molecule has 2 unspecified atom stereocenters. The van der Waals surface area contributed by atoms with Crippen molar-refractivity contribution in [1.29, 1.82) is 0 Å². The fourth-order valence-electron chi connectivity index (χ4n) is 4.33. The van der Waals surface area contributed by atoms with Gasteiger partial charge in [0.05, 0.1) is 30.6 Å². The third-order valence-corrected chi connectivity index (χ3v) is 5.60. The quantitative estimate of drug-likeness (QED) is 0.801. The minimum Gasteiger partial charge on any atom is -0.393 e.